The second kappa shape index (κ2) is 9.25. The maximum atomic E-state index is 12.1. The third-order valence-electron chi connectivity index (χ3n) is 6.06. The first-order valence-corrected chi connectivity index (χ1v) is 11.8. The van der Waals surface area contributed by atoms with Gasteiger partial charge in [-0.1, -0.05) is 19.1 Å². The number of hydrogen-bond acceptors (Lipinski definition) is 6. The normalized spacial score (nSPS) is 11.3. The lowest BCUT2D eigenvalue weighted by atomic mass is 10.1. The molecule has 0 fully saturated rings. The maximum Gasteiger partial charge on any atom is 0.336 e. The summed E-state index contributed by atoms with van der Waals surface area (Å²) in [7, 11) is 0. The van der Waals surface area contributed by atoms with Crippen LogP contribution >= 0.6 is 0 Å². The Balaban J connectivity index is 1.52. The van der Waals surface area contributed by atoms with E-state index in [9.17, 15) is 4.79 Å². The van der Waals surface area contributed by atoms with Gasteiger partial charge in [0.2, 0.25) is 5.88 Å². The van der Waals surface area contributed by atoms with Crippen LogP contribution in [0, 0.1) is 13.8 Å². The van der Waals surface area contributed by atoms with Gasteiger partial charge in [0.05, 0.1) is 18.0 Å². The zero-order valence-corrected chi connectivity index (χ0v) is 20.3. The lowest BCUT2D eigenvalue weighted by molar-refractivity contribution is 0.295. The third-order valence-corrected chi connectivity index (χ3v) is 6.06. The number of pyridine rings is 1. The van der Waals surface area contributed by atoms with Crippen molar-refractivity contribution < 1.29 is 13.9 Å². The molecule has 178 valence electrons. The van der Waals surface area contributed by atoms with Crippen LogP contribution in [0.3, 0.4) is 0 Å². The van der Waals surface area contributed by atoms with Gasteiger partial charge in [0.1, 0.15) is 17.9 Å². The van der Waals surface area contributed by atoms with Gasteiger partial charge >= 0.3 is 5.63 Å². The van der Waals surface area contributed by atoms with E-state index in [-0.39, 0.29) is 6.61 Å². The van der Waals surface area contributed by atoms with Crippen molar-refractivity contribution in [2.45, 2.75) is 40.7 Å². The van der Waals surface area contributed by atoms with Crippen LogP contribution in [0.25, 0.3) is 27.7 Å². The lowest BCUT2D eigenvalue weighted by Gasteiger charge is -2.11. The van der Waals surface area contributed by atoms with Crippen LogP contribution in [0.1, 0.15) is 36.2 Å². The minimum Gasteiger partial charge on any atom is -0.494 e. The van der Waals surface area contributed by atoms with Crippen molar-refractivity contribution in [2.75, 3.05) is 6.61 Å². The molecule has 0 bridgehead atoms. The van der Waals surface area contributed by atoms with Crippen molar-refractivity contribution in [3.8, 4) is 17.3 Å². The van der Waals surface area contributed by atoms with Gasteiger partial charge in [0, 0.05) is 28.5 Å². The maximum absolute atomic E-state index is 12.1. The van der Waals surface area contributed by atoms with Gasteiger partial charge in [-0.15, -0.1) is 0 Å². The predicted octanol–water partition coefficient (Wildman–Crippen LogP) is 5.68. The molecular formula is C28H27N3O4. The summed E-state index contributed by atoms with van der Waals surface area (Å²) in [4.78, 5) is 16.9. The number of benzene rings is 2. The molecule has 0 atom stereocenters. The van der Waals surface area contributed by atoms with Crippen molar-refractivity contribution in [3.63, 3.8) is 0 Å². The average molecular weight is 470 g/mol. The summed E-state index contributed by atoms with van der Waals surface area (Å²) in [5, 5.41) is 6.52. The summed E-state index contributed by atoms with van der Waals surface area (Å²) in [5.41, 5.74) is 5.64. The van der Waals surface area contributed by atoms with Crippen LogP contribution in [0.15, 0.2) is 63.8 Å². The molecule has 0 N–H and O–H groups in total. The summed E-state index contributed by atoms with van der Waals surface area (Å²) in [6, 6.07) is 17.1. The molecule has 5 aromatic rings. The van der Waals surface area contributed by atoms with E-state index < -0.39 is 5.63 Å². The van der Waals surface area contributed by atoms with E-state index in [4.69, 9.17) is 24.0 Å². The second-order valence-corrected chi connectivity index (χ2v) is 8.46. The Labute approximate surface area is 202 Å². The fourth-order valence-corrected chi connectivity index (χ4v) is 4.34. The molecule has 35 heavy (non-hydrogen) atoms. The molecular weight excluding hydrogens is 442 g/mol. The van der Waals surface area contributed by atoms with Gasteiger partial charge in [-0.2, -0.15) is 10.1 Å². The first kappa shape index (κ1) is 22.7. The molecule has 2 aromatic carbocycles. The molecule has 0 amide bonds. The van der Waals surface area contributed by atoms with Crippen LogP contribution < -0.4 is 15.1 Å². The summed E-state index contributed by atoms with van der Waals surface area (Å²) in [6.07, 6.45) is 0.979. The number of nitrogens with zero attached hydrogens (tertiary/aromatic N) is 3. The highest BCUT2D eigenvalue weighted by molar-refractivity contribution is 5.84. The van der Waals surface area contributed by atoms with Gasteiger partial charge in [0.25, 0.3) is 0 Å². The molecule has 0 saturated carbocycles. The van der Waals surface area contributed by atoms with E-state index in [1.165, 1.54) is 11.6 Å². The summed E-state index contributed by atoms with van der Waals surface area (Å²) in [6.45, 7) is 8.78. The van der Waals surface area contributed by atoms with Crippen LogP contribution in [-0.4, -0.2) is 21.4 Å². The quantitative estimate of drug-likeness (QED) is 0.285. The average Bonchev–Trinajstić information content (AvgIpc) is 3.19. The Morgan fingerprint density at radius 3 is 2.51 bits per heavy atom. The minimum absolute atomic E-state index is 0.161. The topological polar surface area (TPSA) is 79.4 Å². The van der Waals surface area contributed by atoms with E-state index in [0.29, 0.717) is 29.4 Å². The lowest BCUT2D eigenvalue weighted by Crippen LogP contribution is -2.06. The molecule has 0 aliphatic rings. The van der Waals surface area contributed by atoms with E-state index in [2.05, 4.69) is 31.2 Å². The Bertz CT molecular complexity index is 1580. The highest BCUT2D eigenvalue weighted by Gasteiger charge is 2.16. The summed E-state index contributed by atoms with van der Waals surface area (Å²) < 4.78 is 18.9. The number of ether oxygens (including phenoxy) is 2. The predicted molar refractivity (Wildman–Crippen MR) is 136 cm³/mol. The third kappa shape index (κ3) is 4.37. The molecule has 0 spiro atoms. The van der Waals surface area contributed by atoms with Crippen molar-refractivity contribution in [2.24, 2.45) is 0 Å². The number of aryl methyl sites for hydroxylation is 3. The number of aromatic nitrogens is 3. The van der Waals surface area contributed by atoms with Crippen LogP contribution in [0.5, 0.6) is 11.6 Å². The number of rotatable bonds is 7. The molecule has 0 saturated heterocycles. The van der Waals surface area contributed by atoms with Crippen LogP contribution in [0.4, 0.5) is 0 Å². The summed E-state index contributed by atoms with van der Waals surface area (Å²) in [5.74, 6) is 1.17. The minimum atomic E-state index is -0.427. The van der Waals surface area contributed by atoms with Crippen molar-refractivity contribution in [1.82, 2.24) is 14.8 Å². The van der Waals surface area contributed by atoms with E-state index >= 15 is 0 Å². The molecule has 0 aliphatic carbocycles. The fourth-order valence-electron chi connectivity index (χ4n) is 4.34. The standard InChI is InChI=1S/C28H27N3O4/c1-5-19-7-9-21(10-8-19)31-28-27(18(4)30-31)17(3)13-25(29-28)34-16-20-14-26(32)35-24-12-11-22(33-6-2)15-23(20)24/h7-15H,5-6,16H2,1-4H3. The largest absolute Gasteiger partial charge is 0.494 e. The van der Waals surface area contributed by atoms with Gasteiger partial charge in [-0.3, -0.25) is 0 Å². The fraction of sp³-hybridized carbons (Fsp3) is 0.250. The van der Waals surface area contributed by atoms with E-state index in [1.54, 1.807) is 12.1 Å². The second-order valence-electron chi connectivity index (χ2n) is 8.46. The van der Waals surface area contributed by atoms with E-state index in [0.717, 1.165) is 39.8 Å². The monoisotopic (exact) mass is 469 g/mol. The molecule has 3 heterocycles. The van der Waals surface area contributed by atoms with Crippen LogP contribution in [-0.2, 0) is 13.0 Å². The zero-order chi connectivity index (χ0) is 24.5. The van der Waals surface area contributed by atoms with Crippen molar-refractivity contribution in [3.05, 3.63) is 87.4 Å². The SMILES string of the molecule is CCOc1ccc2oc(=O)cc(COc3cc(C)c4c(C)nn(-c5ccc(CC)cc5)c4n3)c2c1. The highest BCUT2D eigenvalue weighted by atomic mass is 16.5. The van der Waals surface area contributed by atoms with E-state index in [1.807, 2.05) is 37.6 Å². The van der Waals surface area contributed by atoms with Gasteiger partial charge in [-0.25, -0.2) is 9.48 Å². The van der Waals surface area contributed by atoms with Crippen molar-refractivity contribution >= 4 is 22.0 Å². The molecule has 0 aliphatic heterocycles. The van der Waals surface area contributed by atoms with Crippen LogP contribution in [0.2, 0.25) is 0 Å². The van der Waals surface area contributed by atoms with Crippen molar-refractivity contribution in [1.29, 1.82) is 0 Å². The molecule has 5 rings (SSSR count). The molecule has 0 radical (unpaired) electrons. The Morgan fingerprint density at radius 1 is 0.971 bits per heavy atom. The Morgan fingerprint density at radius 2 is 1.77 bits per heavy atom. The first-order valence-electron chi connectivity index (χ1n) is 11.8. The molecule has 7 heteroatoms. The Hall–Kier alpha value is -4.13. The van der Waals surface area contributed by atoms with Gasteiger partial charge in [0.15, 0.2) is 5.65 Å². The zero-order valence-electron chi connectivity index (χ0n) is 20.3. The Kier molecular flexibility index (Phi) is 5.99. The smallest absolute Gasteiger partial charge is 0.336 e. The number of hydrogen-bond donors (Lipinski definition) is 0. The highest BCUT2D eigenvalue weighted by Crippen LogP contribution is 2.28. The van der Waals surface area contributed by atoms with Gasteiger partial charge < -0.3 is 13.9 Å². The molecule has 3 aromatic heterocycles. The summed E-state index contributed by atoms with van der Waals surface area (Å²) >= 11 is 0. The molecule has 7 nitrogen and oxygen atoms in total. The number of fused-ring (bicyclic) bond motifs is 2. The first-order chi connectivity index (χ1) is 17.0. The van der Waals surface area contributed by atoms with Gasteiger partial charge in [-0.05, 0) is 68.7 Å². The molecule has 0 unspecified atom stereocenters.